The molecule has 3 rings (SSSR count). The van der Waals surface area contributed by atoms with Crippen LogP contribution in [-0.4, -0.2) is 6.04 Å². The summed E-state index contributed by atoms with van der Waals surface area (Å²) in [6.07, 6.45) is 5.39. The maximum absolute atomic E-state index is 5.81. The molecule has 0 aromatic heterocycles. The zero-order chi connectivity index (χ0) is 12.7. The highest BCUT2D eigenvalue weighted by molar-refractivity contribution is 5.34. The number of aryl methyl sites for hydroxylation is 2. The average Bonchev–Trinajstić information content (AvgIpc) is 2.83. The molecule has 0 saturated heterocycles. The molecule has 2 aliphatic rings. The molecule has 1 aromatic carbocycles. The van der Waals surface area contributed by atoms with Gasteiger partial charge in [0.05, 0.1) is 0 Å². The van der Waals surface area contributed by atoms with Gasteiger partial charge in [0.25, 0.3) is 0 Å². The van der Waals surface area contributed by atoms with Crippen LogP contribution in [0.15, 0.2) is 18.2 Å². The second-order valence-corrected chi connectivity index (χ2v) is 6.18. The van der Waals surface area contributed by atoms with E-state index in [0.29, 0.717) is 6.04 Å². The maximum atomic E-state index is 5.81. The lowest BCUT2D eigenvalue weighted by atomic mass is 9.92. The van der Waals surface area contributed by atoms with E-state index in [-0.39, 0.29) is 0 Å². The Balaban J connectivity index is 1.74. The Labute approximate surface area is 110 Å². The predicted molar refractivity (Wildman–Crippen MR) is 75.1 cm³/mol. The summed E-state index contributed by atoms with van der Waals surface area (Å²) < 4.78 is 0. The molecule has 3 unspecified atom stereocenters. The highest BCUT2D eigenvalue weighted by Crippen LogP contribution is 2.59. The van der Waals surface area contributed by atoms with Gasteiger partial charge in [0.2, 0.25) is 0 Å². The molecule has 2 fully saturated rings. The second-order valence-electron chi connectivity index (χ2n) is 6.18. The molecule has 3 N–H and O–H groups in total. The zero-order valence-electron chi connectivity index (χ0n) is 11.4. The summed E-state index contributed by atoms with van der Waals surface area (Å²) in [4.78, 5) is 0. The first-order valence-corrected chi connectivity index (χ1v) is 7.23. The van der Waals surface area contributed by atoms with Crippen LogP contribution in [0.25, 0.3) is 0 Å². The van der Waals surface area contributed by atoms with Crippen LogP contribution in [0.3, 0.4) is 0 Å². The van der Waals surface area contributed by atoms with Gasteiger partial charge in [-0.1, -0.05) is 24.6 Å². The van der Waals surface area contributed by atoms with E-state index in [2.05, 4.69) is 37.5 Å². The van der Waals surface area contributed by atoms with E-state index in [4.69, 9.17) is 5.84 Å². The molecule has 18 heavy (non-hydrogen) atoms. The van der Waals surface area contributed by atoms with E-state index in [0.717, 1.165) is 24.2 Å². The zero-order valence-corrected chi connectivity index (χ0v) is 11.4. The summed E-state index contributed by atoms with van der Waals surface area (Å²) in [5, 5.41) is 0. The SMILES string of the molecule is Cc1cccc(C)c1CC(NN)C1C2CCCC21. The van der Waals surface area contributed by atoms with E-state index in [1.165, 1.54) is 36.0 Å². The fourth-order valence-electron chi connectivity index (χ4n) is 4.17. The number of nitrogens with one attached hydrogen (secondary N) is 1. The lowest BCUT2D eigenvalue weighted by molar-refractivity contribution is 0.409. The predicted octanol–water partition coefficient (Wildman–Crippen LogP) is 2.72. The molecule has 0 spiro atoms. The van der Waals surface area contributed by atoms with Crippen molar-refractivity contribution in [1.82, 2.24) is 5.43 Å². The standard InChI is InChI=1S/C16H24N2/c1-10-5-3-6-11(2)14(10)9-15(18-17)16-12-7-4-8-13(12)16/h3,5-6,12-13,15-16,18H,4,7-9,17H2,1-2H3. The van der Waals surface area contributed by atoms with Gasteiger partial charge in [-0.05, 0) is 67.6 Å². The molecule has 0 aliphatic heterocycles. The minimum absolute atomic E-state index is 0.472. The summed E-state index contributed by atoms with van der Waals surface area (Å²) in [6, 6.07) is 7.04. The first-order chi connectivity index (χ1) is 8.72. The Morgan fingerprint density at radius 3 is 2.39 bits per heavy atom. The monoisotopic (exact) mass is 244 g/mol. The Hall–Kier alpha value is -0.860. The normalized spacial score (nSPS) is 31.2. The molecule has 2 heteroatoms. The maximum Gasteiger partial charge on any atom is 0.0284 e. The summed E-state index contributed by atoms with van der Waals surface area (Å²) in [7, 11) is 0. The van der Waals surface area contributed by atoms with E-state index in [9.17, 15) is 0 Å². The first-order valence-electron chi connectivity index (χ1n) is 7.23. The van der Waals surface area contributed by atoms with Crippen LogP contribution < -0.4 is 11.3 Å². The van der Waals surface area contributed by atoms with Crippen molar-refractivity contribution in [1.29, 1.82) is 0 Å². The van der Waals surface area contributed by atoms with E-state index >= 15 is 0 Å². The van der Waals surface area contributed by atoms with Crippen molar-refractivity contribution < 1.29 is 0 Å². The van der Waals surface area contributed by atoms with E-state index in [1.807, 2.05) is 0 Å². The molecule has 1 aromatic rings. The largest absolute Gasteiger partial charge is 0.271 e. The lowest BCUT2D eigenvalue weighted by Crippen LogP contribution is -2.40. The van der Waals surface area contributed by atoms with Gasteiger partial charge < -0.3 is 0 Å². The number of nitrogens with two attached hydrogens (primary N) is 1. The molecule has 0 bridgehead atoms. The van der Waals surface area contributed by atoms with Crippen molar-refractivity contribution in [3.8, 4) is 0 Å². The van der Waals surface area contributed by atoms with Gasteiger partial charge in [0.15, 0.2) is 0 Å². The highest BCUT2D eigenvalue weighted by atomic mass is 15.2. The van der Waals surface area contributed by atoms with Crippen LogP contribution in [-0.2, 0) is 6.42 Å². The molecule has 0 heterocycles. The topological polar surface area (TPSA) is 38.0 Å². The molecule has 2 aliphatic carbocycles. The molecule has 3 atom stereocenters. The summed E-state index contributed by atoms with van der Waals surface area (Å²) in [5.74, 6) is 8.59. The molecule has 98 valence electrons. The first kappa shape index (κ1) is 12.2. The Kier molecular flexibility index (Phi) is 3.16. The molecular weight excluding hydrogens is 220 g/mol. The third-order valence-electron chi connectivity index (χ3n) is 5.22. The van der Waals surface area contributed by atoms with Crippen LogP contribution in [0.4, 0.5) is 0 Å². The van der Waals surface area contributed by atoms with Crippen LogP contribution in [0.1, 0.15) is 36.0 Å². The van der Waals surface area contributed by atoms with Gasteiger partial charge in [-0.25, -0.2) is 0 Å². The Morgan fingerprint density at radius 2 is 1.83 bits per heavy atom. The number of benzene rings is 1. The van der Waals surface area contributed by atoms with E-state index < -0.39 is 0 Å². The van der Waals surface area contributed by atoms with Gasteiger partial charge in [0.1, 0.15) is 0 Å². The average molecular weight is 244 g/mol. The number of hydrazine groups is 1. The minimum Gasteiger partial charge on any atom is -0.271 e. The quantitative estimate of drug-likeness (QED) is 0.631. The van der Waals surface area contributed by atoms with Crippen LogP contribution in [0.5, 0.6) is 0 Å². The van der Waals surface area contributed by atoms with Gasteiger partial charge in [-0.3, -0.25) is 11.3 Å². The Morgan fingerprint density at radius 1 is 1.22 bits per heavy atom. The van der Waals surface area contributed by atoms with Gasteiger partial charge in [0, 0.05) is 6.04 Å². The third-order valence-corrected chi connectivity index (χ3v) is 5.22. The Bertz CT molecular complexity index is 410. The number of fused-ring (bicyclic) bond motifs is 1. The number of hydrogen-bond donors (Lipinski definition) is 2. The molecule has 2 saturated carbocycles. The fraction of sp³-hybridized carbons (Fsp3) is 0.625. The van der Waals surface area contributed by atoms with Crippen molar-refractivity contribution >= 4 is 0 Å². The minimum atomic E-state index is 0.472. The smallest absolute Gasteiger partial charge is 0.0284 e. The van der Waals surface area contributed by atoms with Crippen molar-refractivity contribution in [3.63, 3.8) is 0 Å². The lowest BCUT2D eigenvalue weighted by Gasteiger charge is -2.20. The summed E-state index contributed by atoms with van der Waals surface area (Å²) in [5.41, 5.74) is 7.39. The van der Waals surface area contributed by atoms with Gasteiger partial charge in [-0.2, -0.15) is 0 Å². The molecule has 0 radical (unpaired) electrons. The number of hydrogen-bond acceptors (Lipinski definition) is 2. The van der Waals surface area contributed by atoms with Gasteiger partial charge >= 0.3 is 0 Å². The van der Waals surface area contributed by atoms with E-state index in [1.54, 1.807) is 0 Å². The summed E-state index contributed by atoms with van der Waals surface area (Å²) in [6.45, 7) is 4.42. The molecule has 0 amide bonds. The van der Waals surface area contributed by atoms with Crippen molar-refractivity contribution in [2.75, 3.05) is 0 Å². The van der Waals surface area contributed by atoms with Crippen molar-refractivity contribution in [2.45, 2.75) is 45.6 Å². The third kappa shape index (κ3) is 1.98. The van der Waals surface area contributed by atoms with Crippen molar-refractivity contribution in [3.05, 3.63) is 34.9 Å². The fourth-order valence-corrected chi connectivity index (χ4v) is 4.17. The second kappa shape index (κ2) is 4.67. The number of rotatable bonds is 4. The van der Waals surface area contributed by atoms with Gasteiger partial charge in [-0.15, -0.1) is 0 Å². The van der Waals surface area contributed by atoms with Crippen LogP contribution in [0.2, 0.25) is 0 Å². The molecule has 2 nitrogen and oxygen atoms in total. The van der Waals surface area contributed by atoms with Crippen LogP contribution >= 0.6 is 0 Å². The summed E-state index contributed by atoms with van der Waals surface area (Å²) >= 11 is 0. The molecular formula is C16H24N2. The van der Waals surface area contributed by atoms with Crippen LogP contribution in [0, 0.1) is 31.6 Å². The highest BCUT2D eigenvalue weighted by Gasteiger charge is 2.55. The van der Waals surface area contributed by atoms with Crippen molar-refractivity contribution in [2.24, 2.45) is 23.6 Å².